The van der Waals surface area contributed by atoms with Crippen molar-refractivity contribution in [2.45, 2.75) is 51.9 Å². The van der Waals surface area contributed by atoms with E-state index in [1.165, 1.54) is 36.3 Å². The number of hydrogen-bond acceptors (Lipinski definition) is 6. The number of methoxy groups -OCH3 is 1. The topological polar surface area (TPSA) is 86.0 Å². The van der Waals surface area contributed by atoms with Crippen LogP contribution < -0.4 is 0 Å². The lowest BCUT2D eigenvalue weighted by Crippen LogP contribution is -2.38. The molecule has 0 unspecified atom stereocenters. The summed E-state index contributed by atoms with van der Waals surface area (Å²) in [5, 5.41) is 0. The number of nitrogens with zero attached hydrogens (tertiary/aromatic N) is 1. The number of amides is 1. The third-order valence-electron chi connectivity index (χ3n) is 5.39. The highest BCUT2D eigenvalue weighted by atomic mass is 19.4. The first-order valence-corrected chi connectivity index (χ1v) is 10.5. The quantitative estimate of drug-likeness (QED) is 0.552. The monoisotopic (exact) mass is 479 g/mol. The summed E-state index contributed by atoms with van der Waals surface area (Å²) in [5.74, 6) is -2.22. The Bertz CT molecular complexity index is 1110. The number of halogens is 3. The van der Waals surface area contributed by atoms with Crippen LogP contribution in [0.2, 0.25) is 0 Å². The Hall–Kier alpha value is -3.56. The summed E-state index contributed by atoms with van der Waals surface area (Å²) >= 11 is 0. The molecule has 1 aliphatic rings. The highest BCUT2D eigenvalue weighted by Gasteiger charge is 2.38. The second kappa shape index (κ2) is 9.74. The lowest BCUT2D eigenvalue weighted by Gasteiger charge is -2.34. The van der Waals surface area contributed by atoms with E-state index in [0.717, 1.165) is 12.1 Å². The minimum atomic E-state index is -4.50. The van der Waals surface area contributed by atoms with E-state index in [-0.39, 0.29) is 36.0 Å². The van der Waals surface area contributed by atoms with Crippen molar-refractivity contribution in [1.82, 2.24) is 4.90 Å². The van der Waals surface area contributed by atoms with Crippen molar-refractivity contribution in [2.75, 3.05) is 7.11 Å². The molecule has 2 heterocycles. The molecular weight excluding hydrogens is 455 g/mol. The van der Waals surface area contributed by atoms with Crippen LogP contribution >= 0.6 is 0 Å². The van der Waals surface area contributed by atoms with Gasteiger partial charge in [-0.25, -0.2) is 9.59 Å². The van der Waals surface area contributed by atoms with Crippen molar-refractivity contribution in [3.63, 3.8) is 0 Å². The van der Waals surface area contributed by atoms with Crippen molar-refractivity contribution >= 4 is 17.8 Å². The molecule has 3 rings (SSSR count). The smallest absolute Gasteiger partial charge is 0.416 e. The number of carbonyl (C=O) groups excluding carboxylic acids is 3. The average Bonchev–Trinajstić information content (AvgIpc) is 3.23. The maximum atomic E-state index is 13.0. The fourth-order valence-electron chi connectivity index (χ4n) is 3.76. The zero-order valence-corrected chi connectivity index (χ0v) is 19.1. The van der Waals surface area contributed by atoms with E-state index in [2.05, 4.69) is 4.74 Å². The van der Waals surface area contributed by atoms with E-state index in [1.54, 1.807) is 20.8 Å². The number of esters is 2. The predicted molar refractivity (Wildman–Crippen MR) is 113 cm³/mol. The highest BCUT2D eigenvalue weighted by Crippen LogP contribution is 2.39. The molecule has 1 aromatic carbocycles. The zero-order chi connectivity index (χ0) is 25.2. The summed E-state index contributed by atoms with van der Waals surface area (Å²) < 4.78 is 54.4. The van der Waals surface area contributed by atoms with Gasteiger partial charge >= 0.3 is 18.1 Å². The molecule has 0 fully saturated rings. The molecule has 1 amide bonds. The van der Waals surface area contributed by atoms with Crippen LogP contribution in [0.15, 0.2) is 52.1 Å². The second-order valence-corrected chi connectivity index (χ2v) is 8.07. The molecule has 0 saturated heterocycles. The molecule has 0 bridgehead atoms. The van der Waals surface area contributed by atoms with Crippen LogP contribution in [0.4, 0.5) is 13.2 Å². The van der Waals surface area contributed by atoms with Gasteiger partial charge < -0.3 is 18.8 Å². The third-order valence-corrected chi connectivity index (χ3v) is 5.39. The highest BCUT2D eigenvalue weighted by molar-refractivity contribution is 5.96. The molecule has 1 atom stereocenters. The molecule has 0 N–H and O–H groups in total. The largest absolute Gasteiger partial charge is 0.463 e. The van der Waals surface area contributed by atoms with Gasteiger partial charge in [-0.15, -0.1) is 0 Å². The van der Waals surface area contributed by atoms with Gasteiger partial charge in [-0.05, 0) is 50.6 Å². The number of ether oxygens (including phenoxy) is 2. The molecule has 0 spiro atoms. The van der Waals surface area contributed by atoms with E-state index >= 15 is 0 Å². The maximum Gasteiger partial charge on any atom is 0.416 e. The number of carbonyl (C=O) groups is 3. The van der Waals surface area contributed by atoms with Crippen LogP contribution in [0.5, 0.6) is 0 Å². The normalized spacial score (nSPS) is 16.8. The summed E-state index contributed by atoms with van der Waals surface area (Å²) in [5.41, 5.74) is 0.0314. The van der Waals surface area contributed by atoms with Gasteiger partial charge in [0.25, 0.3) is 0 Å². The summed E-state index contributed by atoms with van der Waals surface area (Å²) in [7, 11) is 1.21. The number of allylic oxidation sites excluding steroid dienone is 1. The average molecular weight is 479 g/mol. The molecule has 0 radical (unpaired) electrons. The zero-order valence-electron chi connectivity index (χ0n) is 19.1. The summed E-state index contributed by atoms with van der Waals surface area (Å²) in [6.07, 6.45) is -5.11. The van der Waals surface area contributed by atoms with E-state index in [1.807, 2.05) is 0 Å². The van der Waals surface area contributed by atoms with Gasteiger partial charge in [0.2, 0.25) is 11.7 Å². The summed E-state index contributed by atoms with van der Waals surface area (Å²) in [6.45, 7) is 4.85. The molecule has 34 heavy (non-hydrogen) atoms. The van der Waals surface area contributed by atoms with Crippen LogP contribution in [0, 0.1) is 0 Å². The molecule has 1 aliphatic heterocycles. The third kappa shape index (κ3) is 5.32. The first-order chi connectivity index (χ1) is 15.9. The molecule has 0 aliphatic carbocycles. The predicted octanol–water partition coefficient (Wildman–Crippen LogP) is 4.83. The summed E-state index contributed by atoms with van der Waals surface area (Å²) in [4.78, 5) is 39.0. The SMILES string of the molecule is COC(=O)c1ccc(CN2C(=O)C[C@H](c3ccc(C(F)(F)F)cc3)C(C(=O)OC(C)C)=C2C)o1. The molecule has 10 heteroatoms. The first kappa shape index (κ1) is 25.1. The molecule has 182 valence electrons. The van der Waals surface area contributed by atoms with E-state index in [9.17, 15) is 27.6 Å². The van der Waals surface area contributed by atoms with Crippen molar-refractivity contribution in [3.8, 4) is 0 Å². The lowest BCUT2D eigenvalue weighted by atomic mass is 9.83. The van der Waals surface area contributed by atoms with Crippen LogP contribution in [-0.4, -0.2) is 36.0 Å². The van der Waals surface area contributed by atoms with Gasteiger partial charge in [-0.1, -0.05) is 12.1 Å². The number of rotatable bonds is 6. The van der Waals surface area contributed by atoms with Crippen molar-refractivity contribution < 1.29 is 41.4 Å². The Morgan fingerprint density at radius 2 is 1.76 bits per heavy atom. The standard InChI is InChI=1S/C24H24F3NO6/c1-13(2)33-23(31)21-14(3)28(12-17-9-10-19(34-17)22(30)32-4)20(29)11-18(21)15-5-7-16(8-6-15)24(25,26)27/h5-10,13,18H,11-12H2,1-4H3/t18-/m1/s1. The van der Waals surface area contributed by atoms with E-state index in [0.29, 0.717) is 11.3 Å². The first-order valence-electron chi connectivity index (χ1n) is 10.5. The van der Waals surface area contributed by atoms with Gasteiger partial charge in [0.1, 0.15) is 5.76 Å². The Morgan fingerprint density at radius 1 is 1.12 bits per heavy atom. The second-order valence-electron chi connectivity index (χ2n) is 8.07. The maximum absolute atomic E-state index is 13.0. The number of furan rings is 1. The van der Waals surface area contributed by atoms with Crippen LogP contribution in [-0.2, 0) is 31.8 Å². The fourth-order valence-corrected chi connectivity index (χ4v) is 3.76. The molecule has 2 aromatic rings. The Morgan fingerprint density at radius 3 is 2.32 bits per heavy atom. The van der Waals surface area contributed by atoms with Gasteiger partial charge in [0, 0.05) is 18.0 Å². The minimum Gasteiger partial charge on any atom is -0.463 e. The van der Waals surface area contributed by atoms with Crippen molar-refractivity contribution in [1.29, 1.82) is 0 Å². The van der Waals surface area contributed by atoms with Gasteiger partial charge in [-0.2, -0.15) is 13.2 Å². The van der Waals surface area contributed by atoms with Gasteiger partial charge in [0.15, 0.2) is 0 Å². The van der Waals surface area contributed by atoms with Crippen LogP contribution in [0.25, 0.3) is 0 Å². The molecule has 1 aromatic heterocycles. The Labute approximate surface area is 194 Å². The van der Waals surface area contributed by atoms with Gasteiger partial charge in [0.05, 0.1) is 30.9 Å². The Balaban J connectivity index is 1.99. The lowest BCUT2D eigenvalue weighted by molar-refractivity contribution is -0.144. The van der Waals surface area contributed by atoms with Gasteiger partial charge in [-0.3, -0.25) is 4.79 Å². The number of hydrogen-bond donors (Lipinski definition) is 0. The Kier molecular flexibility index (Phi) is 7.18. The van der Waals surface area contributed by atoms with E-state index < -0.39 is 35.7 Å². The van der Waals surface area contributed by atoms with Crippen molar-refractivity contribution in [3.05, 3.63) is 70.3 Å². The summed E-state index contributed by atoms with van der Waals surface area (Å²) in [6, 6.07) is 7.30. The van der Waals surface area contributed by atoms with Crippen LogP contribution in [0.3, 0.4) is 0 Å². The minimum absolute atomic E-state index is 0.0364. The molecule has 0 saturated carbocycles. The number of benzene rings is 1. The molecular formula is C24H24F3NO6. The van der Waals surface area contributed by atoms with Crippen molar-refractivity contribution in [2.24, 2.45) is 0 Å². The van der Waals surface area contributed by atoms with Crippen LogP contribution in [0.1, 0.15) is 60.6 Å². The fraction of sp³-hybridized carbons (Fsp3) is 0.375. The van der Waals surface area contributed by atoms with E-state index in [4.69, 9.17) is 9.15 Å². The number of alkyl halides is 3. The molecule has 7 nitrogen and oxygen atoms in total.